The molecule has 1 aliphatic heterocycles. The summed E-state index contributed by atoms with van der Waals surface area (Å²) in [5.41, 5.74) is 4.15. The van der Waals surface area contributed by atoms with Gasteiger partial charge in [0.2, 0.25) is 0 Å². The highest BCUT2D eigenvalue weighted by atomic mass is 32.1. The van der Waals surface area contributed by atoms with E-state index in [0.29, 0.717) is 16.3 Å². The summed E-state index contributed by atoms with van der Waals surface area (Å²) >= 11 is 1.41. The number of nitrogens with zero attached hydrogens (tertiary/aromatic N) is 2. The predicted octanol–water partition coefficient (Wildman–Crippen LogP) is 5.17. The lowest BCUT2D eigenvalue weighted by Crippen LogP contribution is -2.21. The van der Waals surface area contributed by atoms with Gasteiger partial charge < -0.3 is 10.2 Å². The third-order valence-electron chi connectivity index (χ3n) is 4.89. The van der Waals surface area contributed by atoms with Crippen LogP contribution in [0, 0.1) is 11.8 Å². The Morgan fingerprint density at radius 1 is 1.23 bits per heavy atom. The fourth-order valence-electron chi connectivity index (χ4n) is 3.26. The standard InChI is InChI=1S/C25H23N3OS/c29-25(24-10-6-18-30-24)27-23-12-11-22(26-19-23)9-4-5-15-28-16-13-21(14-17-28)20-7-2-1-3-8-20/h1-2,6,8,10-14,16,18-19H,3,5,7,15,17H2,(H,27,29). The Morgan fingerprint density at radius 2 is 2.20 bits per heavy atom. The van der Waals surface area contributed by atoms with E-state index in [0.717, 1.165) is 32.4 Å². The van der Waals surface area contributed by atoms with Gasteiger partial charge in [-0.15, -0.1) is 11.3 Å². The van der Waals surface area contributed by atoms with E-state index in [9.17, 15) is 4.79 Å². The number of hydrogen-bond donors (Lipinski definition) is 1. The fourth-order valence-corrected chi connectivity index (χ4v) is 3.88. The van der Waals surface area contributed by atoms with Crippen molar-refractivity contribution in [3.8, 4) is 11.8 Å². The van der Waals surface area contributed by atoms with Crippen LogP contribution in [0.15, 0.2) is 83.6 Å². The first-order chi connectivity index (χ1) is 14.8. The van der Waals surface area contributed by atoms with E-state index in [2.05, 4.69) is 63.6 Å². The van der Waals surface area contributed by atoms with Gasteiger partial charge >= 0.3 is 0 Å². The van der Waals surface area contributed by atoms with Gasteiger partial charge in [0, 0.05) is 19.5 Å². The molecule has 0 saturated carbocycles. The average Bonchev–Trinajstić information content (AvgIpc) is 3.34. The first-order valence-corrected chi connectivity index (χ1v) is 10.9. The molecular weight excluding hydrogens is 390 g/mol. The summed E-state index contributed by atoms with van der Waals surface area (Å²) in [6.45, 7) is 1.81. The molecule has 2 aromatic heterocycles. The molecule has 0 aromatic carbocycles. The van der Waals surface area contributed by atoms with Crippen molar-refractivity contribution in [1.82, 2.24) is 9.88 Å². The van der Waals surface area contributed by atoms with Crippen LogP contribution in [0.2, 0.25) is 0 Å². The summed E-state index contributed by atoms with van der Waals surface area (Å²) in [4.78, 5) is 19.3. The first-order valence-electron chi connectivity index (χ1n) is 10.0. The van der Waals surface area contributed by atoms with Crippen LogP contribution in [-0.2, 0) is 0 Å². The molecule has 0 atom stereocenters. The summed E-state index contributed by atoms with van der Waals surface area (Å²) in [5.74, 6) is 6.17. The topological polar surface area (TPSA) is 45.2 Å². The number of nitrogens with one attached hydrogen (secondary N) is 1. The number of carbonyl (C=O) groups excluding carboxylic acids is 1. The summed E-state index contributed by atoms with van der Waals surface area (Å²) in [6.07, 6.45) is 17.9. The summed E-state index contributed by atoms with van der Waals surface area (Å²) in [6, 6.07) is 7.32. The number of thiophene rings is 1. The van der Waals surface area contributed by atoms with Crippen molar-refractivity contribution >= 4 is 22.9 Å². The van der Waals surface area contributed by atoms with Gasteiger partial charge in [-0.1, -0.05) is 36.3 Å². The van der Waals surface area contributed by atoms with E-state index in [4.69, 9.17) is 0 Å². The number of allylic oxidation sites excluding steroid dienone is 6. The van der Waals surface area contributed by atoms with Crippen LogP contribution in [0.4, 0.5) is 5.69 Å². The Labute approximate surface area is 181 Å². The van der Waals surface area contributed by atoms with Crippen molar-refractivity contribution in [2.75, 3.05) is 18.4 Å². The molecule has 0 fully saturated rings. The highest BCUT2D eigenvalue weighted by molar-refractivity contribution is 7.12. The minimum atomic E-state index is -0.117. The van der Waals surface area contributed by atoms with E-state index in [-0.39, 0.29) is 5.91 Å². The van der Waals surface area contributed by atoms with Crippen LogP contribution >= 0.6 is 11.3 Å². The van der Waals surface area contributed by atoms with Gasteiger partial charge in [-0.25, -0.2) is 4.98 Å². The van der Waals surface area contributed by atoms with Crippen LogP contribution in [-0.4, -0.2) is 28.9 Å². The van der Waals surface area contributed by atoms with Gasteiger partial charge in [0.25, 0.3) is 5.91 Å². The molecule has 150 valence electrons. The van der Waals surface area contributed by atoms with E-state index in [1.54, 1.807) is 12.3 Å². The molecule has 4 nitrogen and oxygen atoms in total. The quantitative estimate of drug-likeness (QED) is 0.543. The predicted molar refractivity (Wildman–Crippen MR) is 123 cm³/mol. The number of aromatic nitrogens is 1. The van der Waals surface area contributed by atoms with Crippen LogP contribution in [0.3, 0.4) is 0 Å². The number of amides is 1. The van der Waals surface area contributed by atoms with Crippen molar-refractivity contribution in [2.45, 2.75) is 19.3 Å². The zero-order valence-electron chi connectivity index (χ0n) is 16.7. The fraction of sp³-hybridized carbons (Fsp3) is 0.200. The van der Waals surface area contributed by atoms with E-state index in [1.165, 1.54) is 22.5 Å². The molecule has 2 aromatic rings. The molecule has 0 unspecified atom stereocenters. The molecular formula is C25H23N3OS. The second kappa shape index (κ2) is 9.91. The Hall–Kier alpha value is -3.36. The Kier molecular flexibility index (Phi) is 6.58. The smallest absolute Gasteiger partial charge is 0.265 e. The molecule has 0 bridgehead atoms. The maximum absolute atomic E-state index is 12.1. The highest BCUT2D eigenvalue weighted by Gasteiger charge is 2.09. The highest BCUT2D eigenvalue weighted by Crippen LogP contribution is 2.23. The third-order valence-corrected chi connectivity index (χ3v) is 5.76. The molecule has 1 N–H and O–H groups in total. The average molecular weight is 414 g/mol. The van der Waals surface area contributed by atoms with Gasteiger partial charge in [0.15, 0.2) is 0 Å². The molecule has 2 aliphatic rings. The van der Waals surface area contributed by atoms with Crippen molar-refractivity contribution in [3.05, 3.63) is 94.1 Å². The Morgan fingerprint density at radius 3 is 2.90 bits per heavy atom. The molecule has 0 saturated heterocycles. The number of hydrogen-bond acceptors (Lipinski definition) is 4. The van der Waals surface area contributed by atoms with E-state index in [1.807, 2.05) is 23.6 Å². The lowest BCUT2D eigenvalue weighted by atomic mass is 9.96. The molecule has 30 heavy (non-hydrogen) atoms. The Balaban J connectivity index is 1.22. The summed E-state index contributed by atoms with van der Waals surface area (Å²) in [7, 11) is 0. The normalized spacial score (nSPS) is 15.1. The second-order valence-electron chi connectivity index (χ2n) is 7.03. The van der Waals surface area contributed by atoms with E-state index < -0.39 is 0 Å². The zero-order valence-corrected chi connectivity index (χ0v) is 17.5. The van der Waals surface area contributed by atoms with Crippen LogP contribution < -0.4 is 5.32 Å². The van der Waals surface area contributed by atoms with Crippen LogP contribution in [0.5, 0.6) is 0 Å². The van der Waals surface area contributed by atoms with Crippen molar-refractivity contribution in [2.24, 2.45) is 0 Å². The lowest BCUT2D eigenvalue weighted by Gasteiger charge is -2.23. The summed E-state index contributed by atoms with van der Waals surface area (Å²) in [5, 5.41) is 4.72. The lowest BCUT2D eigenvalue weighted by molar-refractivity contribution is 0.103. The largest absolute Gasteiger partial charge is 0.373 e. The maximum Gasteiger partial charge on any atom is 0.265 e. The number of anilines is 1. The third kappa shape index (κ3) is 5.37. The minimum absolute atomic E-state index is 0.117. The monoisotopic (exact) mass is 413 g/mol. The molecule has 0 spiro atoms. The second-order valence-corrected chi connectivity index (χ2v) is 7.97. The zero-order chi connectivity index (χ0) is 20.6. The van der Waals surface area contributed by atoms with Crippen molar-refractivity contribution in [3.63, 3.8) is 0 Å². The molecule has 4 rings (SSSR count). The number of rotatable bonds is 5. The Bertz CT molecular complexity index is 1060. The molecule has 3 heterocycles. The molecule has 5 heteroatoms. The van der Waals surface area contributed by atoms with Crippen LogP contribution in [0.1, 0.15) is 34.6 Å². The maximum atomic E-state index is 12.1. The van der Waals surface area contributed by atoms with E-state index >= 15 is 0 Å². The van der Waals surface area contributed by atoms with Gasteiger partial charge in [-0.2, -0.15) is 0 Å². The SMILES string of the molecule is O=C(Nc1ccc(C#CCCN2C=CC(C3=CCC=CC3)=CC2)nc1)c1cccs1. The first kappa shape index (κ1) is 19.9. The molecule has 1 amide bonds. The number of carbonyl (C=O) groups is 1. The van der Waals surface area contributed by atoms with Crippen molar-refractivity contribution < 1.29 is 4.79 Å². The molecule has 0 radical (unpaired) electrons. The van der Waals surface area contributed by atoms with Crippen LogP contribution in [0.25, 0.3) is 0 Å². The minimum Gasteiger partial charge on any atom is -0.373 e. The van der Waals surface area contributed by atoms with Gasteiger partial charge in [0.1, 0.15) is 5.69 Å². The molecule has 1 aliphatic carbocycles. The number of pyridine rings is 1. The van der Waals surface area contributed by atoms with Gasteiger partial charge in [-0.3, -0.25) is 4.79 Å². The van der Waals surface area contributed by atoms with Crippen molar-refractivity contribution in [1.29, 1.82) is 0 Å². The van der Waals surface area contributed by atoms with Gasteiger partial charge in [0.05, 0.1) is 16.8 Å². The summed E-state index contributed by atoms with van der Waals surface area (Å²) < 4.78 is 0. The van der Waals surface area contributed by atoms with Gasteiger partial charge in [-0.05, 0) is 65.8 Å².